The monoisotopic (exact) mass is 189 g/mol. The fourth-order valence-electron chi connectivity index (χ4n) is 1.78. The van der Waals surface area contributed by atoms with Crippen molar-refractivity contribution in [3.63, 3.8) is 0 Å². The zero-order chi connectivity index (χ0) is 9.97. The molecule has 0 aromatic carbocycles. The van der Waals surface area contributed by atoms with Crippen molar-refractivity contribution >= 4 is 5.84 Å². The highest BCUT2D eigenvalue weighted by Crippen LogP contribution is 2.11. The second-order valence-electron chi connectivity index (χ2n) is 3.71. The first kappa shape index (κ1) is 9.19. The Morgan fingerprint density at radius 3 is 2.71 bits per heavy atom. The maximum Gasteiger partial charge on any atom is 0.147 e. The van der Waals surface area contributed by atoms with E-state index in [0.717, 1.165) is 24.5 Å². The summed E-state index contributed by atoms with van der Waals surface area (Å²) in [6.45, 7) is 3.98. The van der Waals surface area contributed by atoms with Crippen LogP contribution in [0.25, 0.3) is 0 Å². The van der Waals surface area contributed by atoms with Crippen LogP contribution in [0.2, 0.25) is 0 Å². The molecule has 0 atom stereocenters. The highest BCUT2D eigenvalue weighted by atomic mass is 15.2. The second kappa shape index (κ2) is 3.78. The van der Waals surface area contributed by atoms with Gasteiger partial charge in [-0.05, 0) is 31.9 Å². The molecule has 14 heavy (non-hydrogen) atoms. The van der Waals surface area contributed by atoms with Gasteiger partial charge in [0.15, 0.2) is 0 Å². The zero-order valence-corrected chi connectivity index (χ0v) is 8.45. The SMILES string of the molecule is Cc1cccc(C(=N)N2CCCC2)n1. The second-order valence-corrected chi connectivity index (χ2v) is 3.71. The number of pyridine rings is 1. The standard InChI is InChI=1S/C11H15N3/c1-9-5-4-6-10(13-9)11(12)14-7-2-3-8-14/h4-6,12H,2-3,7-8H2,1H3. The lowest BCUT2D eigenvalue weighted by atomic mass is 10.3. The number of nitrogens with zero attached hydrogens (tertiary/aromatic N) is 2. The van der Waals surface area contributed by atoms with Gasteiger partial charge in [0.25, 0.3) is 0 Å². The van der Waals surface area contributed by atoms with Gasteiger partial charge in [-0.3, -0.25) is 5.41 Å². The summed E-state index contributed by atoms with van der Waals surface area (Å²) in [6, 6.07) is 5.83. The Morgan fingerprint density at radius 1 is 1.36 bits per heavy atom. The Labute approximate surface area is 84.3 Å². The van der Waals surface area contributed by atoms with E-state index in [-0.39, 0.29) is 0 Å². The van der Waals surface area contributed by atoms with Gasteiger partial charge in [0.1, 0.15) is 11.5 Å². The van der Waals surface area contributed by atoms with Gasteiger partial charge in [-0.1, -0.05) is 6.07 Å². The maximum atomic E-state index is 7.99. The maximum absolute atomic E-state index is 7.99. The highest BCUT2D eigenvalue weighted by Gasteiger charge is 2.16. The zero-order valence-electron chi connectivity index (χ0n) is 8.45. The molecule has 1 N–H and O–H groups in total. The van der Waals surface area contributed by atoms with Crippen molar-refractivity contribution in [2.75, 3.05) is 13.1 Å². The quantitative estimate of drug-likeness (QED) is 0.540. The molecule has 0 radical (unpaired) electrons. The summed E-state index contributed by atoms with van der Waals surface area (Å²) in [5.74, 6) is 0.575. The molecule has 0 unspecified atom stereocenters. The van der Waals surface area contributed by atoms with Gasteiger partial charge < -0.3 is 4.90 Å². The predicted molar refractivity (Wildman–Crippen MR) is 56.6 cm³/mol. The molecule has 0 saturated carbocycles. The van der Waals surface area contributed by atoms with Gasteiger partial charge in [0.05, 0.1) is 0 Å². The van der Waals surface area contributed by atoms with Gasteiger partial charge in [0.2, 0.25) is 0 Å². The number of aromatic nitrogens is 1. The van der Waals surface area contributed by atoms with Crippen LogP contribution in [0.5, 0.6) is 0 Å². The van der Waals surface area contributed by atoms with Gasteiger partial charge >= 0.3 is 0 Å². The number of likely N-dealkylation sites (tertiary alicyclic amines) is 1. The molecule has 1 aliphatic rings. The molecule has 0 spiro atoms. The third-order valence-electron chi connectivity index (χ3n) is 2.55. The van der Waals surface area contributed by atoms with Crippen LogP contribution in [0.3, 0.4) is 0 Å². The molecule has 74 valence electrons. The summed E-state index contributed by atoms with van der Waals surface area (Å²) in [5.41, 5.74) is 1.78. The number of hydrogen-bond donors (Lipinski definition) is 1. The number of hydrogen-bond acceptors (Lipinski definition) is 2. The van der Waals surface area contributed by atoms with Gasteiger partial charge in [-0.2, -0.15) is 0 Å². The van der Waals surface area contributed by atoms with Crippen molar-refractivity contribution in [2.45, 2.75) is 19.8 Å². The number of aryl methyl sites for hydroxylation is 1. The summed E-state index contributed by atoms with van der Waals surface area (Å²) < 4.78 is 0. The lowest BCUT2D eigenvalue weighted by Crippen LogP contribution is -2.28. The van der Waals surface area contributed by atoms with Gasteiger partial charge in [0, 0.05) is 18.8 Å². The predicted octanol–water partition coefficient (Wildman–Crippen LogP) is 1.81. The Bertz CT molecular complexity index is 340. The van der Waals surface area contributed by atoms with Gasteiger partial charge in [-0.25, -0.2) is 4.98 Å². The van der Waals surface area contributed by atoms with Crippen molar-refractivity contribution in [1.82, 2.24) is 9.88 Å². The van der Waals surface area contributed by atoms with Crippen LogP contribution in [0.15, 0.2) is 18.2 Å². The largest absolute Gasteiger partial charge is 0.355 e. The van der Waals surface area contributed by atoms with Gasteiger partial charge in [-0.15, -0.1) is 0 Å². The van der Waals surface area contributed by atoms with Crippen LogP contribution < -0.4 is 0 Å². The molecule has 3 heteroatoms. The van der Waals surface area contributed by atoms with E-state index in [0.29, 0.717) is 5.84 Å². The molecule has 1 fully saturated rings. The molecule has 1 aromatic rings. The first-order valence-electron chi connectivity index (χ1n) is 5.05. The molecule has 1 saturated heterocycles. The highest BCUT2D eigenvalue weighted by molar-refractivity contribution is 5.94. The minimum atomic E-state index is 0.575. The van der Waals surface area contributed by atoms with E-state index in [2.05, 4.69) is 9.88 Å². The Morgan fingerprint density at radius 2 is 2.07 bits per heavy atom. The van der Waals surface area contributed by atoms with E-state index in [9.17, 15) is 0 Å². The van der Waals surface area contributed by atoms with Crippen molar-refractivity contribution in [3.8, 4) is 0 Å². The van der Waals surface area contributed by atoms with Crippen LogP contribution in [-0.4, -0.2) is 28.8 Å². The molecular formula is C11H15N3. The Hall–Kier alpha value is -1.38. The average Bonchev–Trinajstić information content (AvgIpc) is 2.69. The van der Waals surface area contributed by atoms with E-state index in [4.69, 9.17) is 5.41 Å². The lowest BCUT2D eigenvalue weighted by molar-refractivity contribution is 0.515. The van der Waals surface area contributed by atoms with Crippen LogP contribution >= 0.6 is 0 Å². The number of nitrogens with one attached hydrogen (secondary N) is 1. The van der Waals surface area contributed by atoms with E-state index >= 15 is 0 Å². The third-order valence-corrected chi connectivity index (χ3v) is 2.55. The molecule has 3 nitrogen and oxygen atoms in total. The van der Waals surface area contributed by atoms with Crippen LogP contribution in [0.1, 0.15) is 24.2 Å². The third kappa shape index (κ3) is 1.76. The fraction of sp³-hybridized carbons (Fsp3) is 0.455. The molecule has 2 rings (SSSR count). The summed E-state index contributed by atoms with van der Waals surface area (Å²) >= 11 is 0. The van der Waals surface area contributed by atoms with Crippen molar-refractivity contribution < 1.29 is 0 Å². The lowest BCUT2D eigenvalue weighted by Gasteiger charge is -2.17. The summed E-state index contributed by atoms with van der Waals surface area (Å²) in [4.78, 5) is 6.45. The van der Waals surface area contributed by atoms with Crippen molar-refractivity contribution in [2.24, 2.45) is 0 Å². The first-order valence-corrected chi connectivity index (χ1v) is 5.05. The molecule has 0 bridgehead atoms. The van der Waals surface area contributed by atoms with E-state index in [1.807, 2.05) is 25.1 Å². The molecule has 0 amide bonds. The van der Waals surface area contributed by atoms with E-state index < -0.39 is 0 Å². The summed E-state index contributed by atoms with van der Waals surface area (Å²) in [6.07, 6.45) is 2.41. The molecule has 1 aliphatic heterocycles. The molecule has 2 heterocycles. The van der Waals surface area contributed by atoms with E-state index in [1.54, 1.807) is 0 Å². The van der Waals surface area contributed by atoms with Crippen LogP contribution in [0, 0.1) is 12.3 Å². The van der Waals surface area contributed by atoms with Crippen molar-refractivity contribution in [3.05, 3.63) is 29.6 Å². The average molecular weight is 189 g/mol. The molecule has 1 aromatic heterocycles. The Balaban J connectivity index is 2.17. The summed E-state index contributed by atoms with van der Waals surface area (Å²) in [5, 5.41) is 7.99. The minimum absolute atomic E-state index is 0.575. The minimum Gasteiger partial charge on any atom is -0.355 e. The topological polar surface area (TPSA) is 40.0 Å². The smallest absolute Gasteiger partial charge is 0.147 e. The van der Waals surface area contributed by atoms with Crippen molar-refractivity contribution in [1.29, 1.82) is 5.41 Å². The number of rotatable bonds is 1. The number of amidine groups is 1. The summed E-state index contributed by atoms with van der Waals surface area (Å²) in [7, 11) is 0. The first-order chi connectivity index (χ1) is 6.77. The normalized spacial score (nSPS) is 15.9. The van der Waals surface area contributed by atoms with Crippen LogP contribution in [-0.2, 0) is 0 Å². The molecule has 0 aliphatic carbocycles. The Kier molecular flexibility index (Phi) is 2.48. The molecular weight excluding hydrogens is 174 g/mol. The fourth-order valence-corrected chi connectivity index (χ4v) is 1.78. The van der Waals surface area contributed by atoms with E-state index in [1.165, 1.54) is 12.8 Å². The van der Waals surface area contributed by atoms with Crippen LogP contribution in [0.4, 0.5) is 0 Å².